The van der Waals surface area contributed by atoms with Crippen molar-refractivity contribution in [3.63, 3.8) is 0 Å². The first-order valence-electron chi connectivity index (χ1n) is 10.6. The molecule has 3 rings (SSSR count). The van der Waals surface area contributed by atoms with Gasteiger partial charge in [0.05, 0.1) is 16.8 Å². The van der Waals surface area contributed by atoms with Crippen molar-refractivity contribution in [2.75, 3.05) is 13.1 Å². The molecule has 2 aromatic heterocycles. The molecule has 0 unspecified atom stereocenters. The van der Waals surface area contributed by atoms with Crippen LogP contribution in [0.25, 0.3) is 0 Å². The highest BCUT2D eigenvalue weighted by molar-refractivity contribution is 5.26. The van der Waals surface area contributed by atoms with Crippen LogP contribution in [0.4, 0.5) is 26.3 Å². The number of aryl methyl sites for hydroxylation is 1. The molecule has 1 N–H and O–H groups in total. The molecule has 184 valence electrons. The summed E-state index contributed by atoms with van der Waals surface area (Å²) < 4.78 is 84.1. The van der Waals surface area contributed by atoms with E-state index in [9.17, 15) is 31.4 Å². The third kappa shape index (κ3) is 4.36. The fraction of sp³-hybridized carbons (Fsp3) is 0.522. The lowest BCUT2D eigenvalue weighted by molar-refractivity contribution is -0.403. The van der Waals surface area contributed by atoms with Gasteiger partial charge in [-0.2, -0.15) is 31.6 Å². The van der Waals surface area contributed by atoms with Crippen LogP contribution in [0.2, 0.25) is 0 Å². The summed E-state index contributed by atoms with van der Waals surface area (Å²) >= 11 is 0. The number of nitriles is 1. The van der Waals surface area contributed by atoms with Gasteiger partial charge in [-0.1, -0.05) is 6.07 Å². The van der Waals surface area contributed by atoms with Crippen molar-refractivity contribution in [3.8, 4) is 6.07 Å². The number of likely N-dealkylation sites (tertiary alicyclic amines) is 1. The number of rotatable bonds is 6. The van der Waals surface area contributed by atoms with E-state index < -0.39 is 48.3 Å². The van der Waals surface area contributed by atoms with Gasteiger partial charge in [-0.05, 0) is 63.9 Å². The molecule has 3 heterocycles. The zero-order valence-corrected chi connectivity index (χ0v) is 18.6. The van der Waals surface area contributed by atoms with Crippen molar-refractivity contribution >= 4 is 0 Å². The Morgan fingerprint density at radius 2 is 1.74 bits per heavy atom. The van der Waals surface area contributed by atoms with Crippen molar-refractivity contribution < 1.29 is 31.4 Å². The van der Waals surface area contributed by atoms with Crippen molar-refractivity contribution in [1.82, 2.24) is 14.9 Å². The zero-order valence-electron chi connectivity index (χ0n) is 18.6. The summed E-state index contributed by atoms with van der Waals surface area (Å²) in [4.78, 5) is 9.70. The average molecular weight is 486 g/mol. The normalized spacial score (nSPS) is 20.4. The molecule has 1 fully saturated rings. The molecular formula is C23H24F6N4O. The van der Waals surface area contributed by atoms with Gasteiger partial charge in [-0.15, -0.1) is 0 Å². The maximum atomic E-state index is 14.0. The molecule has 1 aliphatic rings. The van der Waals surface area contributed by atoms with Crippen LogP contribution in [-0.2, 0) is 12.0 Å². The minimum Gasteiger partial charge on any atom is -0.373 e. The summed E-state index contributed by atoms with van der Waals surface area (Å²) in [5.74, 6) is 0. The average Bonchev–Trinajstić information content (AvgIpc) is 3.23. The number of aromatic nitrogens is 2. The van der Waals surface area contributed by atoms with Crippen molar-refractivity contribution in [3.05, 3.63) is 59.7 Å². The summed E-state index contributed by atoms with van der Waals surface area (Å²) in [6.07, 6.45) is -10.6. The highest BCUT2D eigenvalue weighted by Gasteiger charge is 2.79. The van der Waals surface area contributed by atoms with Gasteiger partial charge in [-0.25, -0.2) is 0 Å². The van der Waals surface area contributed by atoms with Crippen LogP contribution in [0.15, 0.2) is 42.7 Å². The molecule has 0 saturated carbocycles. The van der Waals surface area contributed by atoms with Crippen LogP contribution in [0.1, 0.15) is 43.6 Å². The lowest BCUT2D eigenvalue weighted by atomic mass is 9.66. The van der Waals surface area contributed by atoms with Gasteiger partial charge in [0.1, 0.15) is 6.07 Å². The van der Waals surface area contributed by atoms with Crippen LogP contribution in [0, 0.1) is 16.7 Å². The predicted octanol–water partition coefficient (Wildman–Crippen LogP) is 4.76. The predicted molar refractivity (Wildman–Crippen MR) is 110 cm³/mol. The Hall–Kier alpha value is -2.71. The number of halogens is 6. The summed E-state index contributed by atoms with van der Waals surface area (Å²) in [5, 5.41) is 19.4. The Morgan fingerprint density at radius 1 is 1.06 bits per heavy atom. The fourth-order valence-corrected chi connectivity index (χ4v) is 4.68. The fourth-order valence-electron chi connectivity index (χ4n) is 4.68. The Morgan fingerprint density at radius 3 is 2.24 bits per heavy atom. The van der Waals surface area contributed by atoms with E-state index >= 15 is 0 Å². The number of pyridine rings is 2. The second-order valence-electron chi connectivity index (χ2n) is 9.08. The van der Waals surface area contributed by atoms with E-state index in [1.807, 2.05) is 6.07 Å². The van der Waals surface area contributed by atoms with Crippen LogP contribution < -0.4 is 0 Å². The minimum absolute atomic E-state index is 0.0984. The van der Waals surface area contributed by atoms with Crippen LogP contribution in [-0.4, -0.2) is 51.0 Å². The smallest absolute Gasteiger partial charge is 0.373 e. The SMILES string of the molecule is CC(C)(c1ccccn1)N1CC[C@@](CCc2ccc(C#N)cn2)(C(O)(C(F)(F)F)C(F)(F)F)C1. The number of nitrogens with zero attached hydrogens (tertiary/aromatic N) is 4. The quantitative estimate of drug-likeness (QED) is 0.596. The van der Waals surface area contributed by atoms with Gasteiger partial charge < -0.3 is 5.11 Å². The first-order valence-corrected chi connectivity index (χ1v) is 10.6. The topological polar surface area (TPSA) is 73.0 Å². The van der Waals surface area contributed by atoms with E-state index in [-0.39, 0.29) is 24.2 Å². The Balaban J connectivity index is 2.03. The maximum Gasteiger partial charge on any atom is 0.426 e. The highest BCUT2D eigenvalue weighted by atomic mass is 19.4. The van der Waals surface area contributed by atoms with Crippen molar-refractivity contribution in [2.24, 2.45) is 5.41 Å². The molecule has 1 aliphatic heterocycles. The first kappa shape index (κ1) is 25.9. The Kier molecular flexibility index (Phi) is 6.72. The molecule has 1 atom stereocenters. The van der Waals surface area contributed by atoms with E-state index in [1.54, 1.807) is 32.0 Å². The molecule has 2 aromatic rings. The first-order chi connectivity index (χ1) is 15.7. The molecule has 5 nitrogen and oxygen atoms in total. The largest absolute Gasteiger partial charge is 0.426 e. The maximum absolute atomic E-state index is 14.0. The second-order valence-corrected chi connectivity index (χ2v) is 9.08. The van der Waals surface area contributed by atoms with Gasteiger partial charge in [-0.3, -0.25) is 14.9 Å². The molecular weight excluding hydrogens is 462 g/mol. The van der Waals surface area contributed by atoms with Gasteiger partial charge in [0.15, 0.2) is 0 Å². The molecule has 11 heteroatoms. The van der Waals surface area contributed by atoms with Gasteiger partial charge >= 0.3 is 12.4 Å². The molecule has 0 amide bonds. The number of hydrogen-bond donors (Lipinski definition) is 1. The zero-order chi connectivity index (χ0) is 25.4. The lowest BCUT2D eigenvalue weighted by Crippen LogP contribution is -2.68. The summed E-state index contributed by atoms with van der Waals surface area (Å²) in [5.41, 5.74) is -7.55. The summed E-state index contributed by atoms with van der Waals surface area (Å²) in [7, 11) is 0. The van der Waals surface area contributed by atoms with E-state index in [1.165, 1.54) is 29.4 Å². The summed E-state index contributed by atoms with van der Waals surface area (Å²) in [6, 6.07) is 9.62. The molecule has 0 spiro atoms. The Bertz CT molecular complexity index is 1020. The van der Waals surface area contributed by atoms with Crippen LogP contribution in [0.5, 0.6) is 0 Å². The number of alkyl halides is 6. The molecule has 0 aliphatic carbocycles. The van der Waals surface area contributed by atoms with E-state index in [0.717, 1.165) is 0 Å². The lowest BCUT2D eigenvalue weighted by Gasteiger charge is -2.47. The van der Waals surface area contributed by atoms with E-state index in [2.05, 4.69) is 9.97 Å². The van der Waals surface area contributed by atoms with Crippen LogP contribution in [0.3, 0.4) is 0 Å². The third-order valence-electron chi connectivity index (χ3n) is 6.84. The van der Waals surface area contributed by atoms with Gasteiger partial charge in [0.2, 0.25) is 0 Å². The summed E-state index contributed by atoms with van der Waals surface area (Å²) in [6.45, 7) is 2.60. The number of aliphatic hydroxyl groups is 1. The Labute approximate surface area is 193 Å². The molecule has 34 heavy (non-hydrogen) atoms. The third-order valence-corrected chi connectivity index (χ3v) is 6.84. The van der Waals surface area contributed by atoms with Crippen molar-refractivity contribution in [1.29, 1.82) is 5.26 Å². The molecule has 0 aromatic carbocycles. The van der Waals surface area contributed by atoms with Crippen molar-refractivity contribution in [2.45, 2.75) is 56.6 Å². The number of hydrogen-bond acceptors (Lipinski definition) is 5. The molecule has 1 saturated heterocycles. The minimum atomic E-state index is -5.95. The standard InChI is InChI=1S/C23H24F6N4O/c1-19(2,18-5-3-4-11-31-18)33-12-10-20(15-33,21(34,22(24,25)26)23(27,28)29)9-8-17-7-6-16(13-30)14-32-17/h3-7,11,14,34H,8-10,12,15H2,1-2H3/t20-/m1/s1. The molecule has 0 bridgehead atoms. The van der Waals surface area contributed by atoms with Crippen LogP contribution >= 0.6 is 0 Å². The monoisotopic (exact) mass is 486 g/mol. The molecule has 0 radical (unpaired) electrons. The van der Waals surface area contributed by atoms with E-state index in [0.29, 0.717) is 5.69 Å². The van der Waals surface area contributed by atoms with Gasteiger partial charge in [0.25, 0.3) is 5.60 Å². The van der Waals surface area contributed by atoms with E-state index in [4.69, 9.17) is 5.26 Å². The highest BCUT2D eigenvalue weighted by Crippen LogP contribution is 2.59. The second kappa shape index (κ2) is 8.82. The van der Waals surface area contributed by atoms with Gasteiger partial charge in [0, 0.05) is 30.0 Å².